The molecule has 184 valence electrons. The lowest BCUT2D eigenvalue weighted by Gasteiger charge is -2.21. The van der Waals surface area contributed by atoms with E-state index < -0.39 is 21.6 Å². The number of esters is 1. The van der Waals surface area contributed by atoms with Crippen molar-refractivity contribution in [1.82, 2.24) is 0 Å². The Balaban J connectivity index is 2.41. The van der Waals surface area contributed by atoms with Crippen molar-refractivity contribution in [2.75, 3.05) is 19.9 Å². The van der Waals surface area contributed by atoms with Gasteiger partial charge in [0.05, 0.1) is 25.6 Å². The first-order valence-electron chi connectivity index (χ1n) is 11.0. The lowest BCUT2D eigenvalue weighted by Crippen LogP contribution is -2.23. The third kappa shape index (κ3) is 7.45. The van der Waals surface area contributed by atoms with Crippen molar-refractivity contribution in [3.05, 3.63) is 33.9 Å². The third-order valence-electron chi connectivity index (χ3n) is 5.18. The molecule has 0 saturated carbocycles. The molecule has 33 heavy (non-hydrogen) atoms. The van der Waals surface area contributed by atoms with Gasteiger partial charge in [-0.2, -0.15) is 0 Å². The molecule has 1 aliphatic rings. The number of fused-ring (bicyclic) bond motifs is 1. The molecule has 1 aromatic carbocycles. The molecule has 1 heterocycles. The number of hydrogen-bond acceptors (Lipinski definition) is 7. The minimum absolute atomic E-state index is 0.163. The normalized spacial score (nSPS) is 15.4. The maximum Gasteiger partial charge on any atom is 0.401 e. The van der Waals surface area contributed by atoms with Gasteiger partial charge in [0, 0.05) is 19.2 Å². The quantitative estimate of drug-likeness (QED) is 0.108. The van der Waals surface area contributed by atoms with Crippen molar-refractivity contribution in [2.24, 2.45) is 5.16 Å². The lowest BCUT2D eigenvalue weighted by molar-refractivity contribution is 0.0532. The largest absolute Gasteiger partial charge is 0.496 e. The van der Waals surface area contributed by atoms with Crippen molar-refractivity contribution in [2.45, 2.75) is 66.4 Å². The summed E-state index contributed by atoms with van der Waals surface area (Å²) in [6, 6.07) is 0.934. The fraction of sp³-hybridized carbons (Fsp3) is 0.565. The fourth-order valence-electron chi connectivity index (χ4n) is 3.46. The van der Waals surface area contributed by atoms with Crippen LogP contribution in [-0.4, -0.2) is 44.5 Å². The molecular formula is C23H36NO7PSi. The summed E-state index contributed by atoms with van der Waals surface area (Å²) in [5.74, 6) is 0.711. The van der Waals surface area contributed by atoms with Gasteiger partial charge in [0.25, 0.3) is 0 Å². The number of benzene rings is 1. The molecule has 8 nitrogen and oxygen atoms in total. The predicted molar refractivity (Wildman–Crippen MR) is 133 cm³/mol. The Kier molecular flexibility index (Phi) is 8.96. The zero-order valence-corrected chi connectivity index (χ0v) is 22.8. The average molecular weight is 498 g/mol. The molecule has 0 bridgehead atoms. The highest BCUT2D eigenvalue weighted by Gasteiger charge is 2.33. The van der Waals surface area contributed by atoms with Gasteiger partial charge in [-0.05, 0) is 45.7 Å². The van der Waals surface area contributed by atoms with E-state index in [1.807, 2.05) is 13.0 Å². The number of carbonyl (C=O) groups is 1. The third-order valence-corrected chi connectivity index (χ3v) is 8.12. The minimum Gasteiger partial charge on any atom is -0.496 e. The molecule has 0 amide bonds. The predicted octanol–water partition coefficient (Wildman–Crippen LogP) is 5.48. The lowest BCUT2D eigenvalue weighted by atomic mass is 9.95. The van der Waals surface area contributed by atoms with E-state index in [0.29, 0.717) is 41.4 Å². The van der Waals surface area contributed by atoms with Gasteiger partial charge in [0.2, 0.25) is 0 Å². The molecule has 0 spiro atoms. The smallest absolute Gasteiger partial charge is 0.401 e. The Bertz CT molecular complexity index is 1010. The van der Waals surface area contributed by atoms with E-state index in [0.717, 1.165) is 22.7 Å². The van der Waals surface area contributed by atoms with E-state index >= 15 is 0 Å². The number of oxime groups is 1. The van der Waals surface area contributed by atoms with Crippen LogP contribution in [0.15, 0.2) is 16.8 Å². The number of cyclic esters (lactones) is 1. The van der Waals surface area contributed by atoms with Crippen LogP contribution in [0.25, 0.3) is 0 Å². The number of methoxy groups -OCH3 is 1. The Morgan fingerprint density at radius 3 is 2.48 bits per heavy atom. The van der Waals surface area contributed by atoms with Crippen LogP contribution >= 0.6 is 7.60 Å². The molecule has 0 aliphatic carbocycles. The summed E-state index contributed by atoms with van der Waals surface area (Å²) in [7, 11) is -3.68. The van der Waals surface area contributed by atoms with Gasteiger partial charge in [0.1, 0.15) is 23.7 Å². The summed E-state index contributed by atoms with van der Waals surface area (Å²) in [6.07, 6.45) is 2.02. The minimum atomic E-state index is -3.91. The van der Waals surface area contributed by atoms with Gasteiger partial charge >= 0.3 is 13.6 Å². The SMILES string of the molecule is COc1c(C)c2c(c(OCC[Si](C)(C)C)c1C/C=C(\C)CP(=O)(O)ON=C(C)C)C(=O)OC2. The highest BCUT2D eigenvalue weighted by atomic mass is 31.2. The Morgan fingerprint density at radius 1 is 1.24 bits per heavy atom. The van der Waals surface area contributed by atoms with Crippen molar-refractivity contribution < 1.29 is 33.1 Å². The van der Waals surface area contributed by atoms with E-state index in [4.69, 9.17) is 18.8 Å². The molecular weight excluding hydrogens is 461 g/mol. The van der Waals surface area contributed by atoms with Gasteiger partial charge in [0.15, 0.2) is 0 Å². The number of carbonyl (C=O) groups excluding carboxylic acids is 1. The molecule has 10 heteroatoms. The maximum absolute atomic E-state index is 12.6. The van der Waals surface area contributed by atoms with Crippen molar-refractivity contribution >= 4 is 27.4 Å². The van der Waals surface area contributed by atoms with Crippen LogP contribution in [0.5, 0.6) is 11.5 Å². The van der Waals surface area contributed by atoms with Gasteiger partial charge in [-0.3, -0.25) is 0 Å². The molecule has 1 aliphatic heterocycles. The second-order valence-electron chi connectivity index (χ2n) is 9.73. The monoisotopic (exact) mass is 497 g/mol. The fourth-order valence-corrected chi connectivity index (χ4v) is 5.28. The topological polar surface area (TPSA) is 104 Å². The molecule has 1 aromatic rings. The summed E-state index contributed by atoms with van der Waals surface area (Å²) >= 11 is 0. The van der Waals surface area contributed by atoms with Crippen LogP contribution in [0.3, 0.4) is 0 Å². The highest BCUT2D eigenvalue weighted by molar-refractivity contribution is 7.53. The molecule has 0 saturated heterocycles. The number of rotatable bonds is 11. The van der Waals surface area contributed by atoms with Crippen LogP contribution in [0.2, 0.25) is 25.7 Å². The summed E-state index contributed by atoms with van der Waals surface area (Å²) in [5.41, 5.74) is 4.00. The summed E-state index contributed by atoms with van der Waals surface area (Å²) in [4.78, 5) is 22.6. The Labute approximate surface area is 197 Å². The van der Waals surface area contributed by atoms with Gasteiger partial charge in [-0.25, -0.2) is 9.36 Å². The molecule has 0 fully saturated rings. The second-order valence-corrected chi connectivity index (χ2v) is 17.1. The molecule has 0 radical (unpaired) electrons. The van der Waals surface area contributed by atoms with Gasteiger partial charge in [-0.15, -0.1) is 0 Å². The van der Waals surface area contributed by atoms with Gasteiger partial charge in [-0.1, -0.05) is 36.4 Å². The summed E-state index contributed by atoms with van der Waals surface area (Å²) in [6.45, 7) is 14.5. The van der Waals surface area contributed by atoms with Gasteiger partial charge < -0.3 is 23.7 Å². The number of allylic oxidation sites excluding steroid dienone is 2. The first-order chi connectivity index (χ1) is 15.3. The first kappa shape index (κ1) is 27.2. The molecule has 1 atom stereocenters. The van der Waals surface area contributed by atoms with Crippen molar-refractivity contribution in [3.8, 4) is 11.5 Å². The average Bonchev–Trinajstić information content (AvgIpc) is 3.07. The Hall–Kier alpha value is -2.09. The second kappa shape index (κ2) is 10.9. The summed E-state index contributed by atoms with van der Waals surface area (Å²) in [5, 5.41) is 3.61. The number of ether oxygens (including phenoxy) is 3. The van der Waals surface area contributed by atoms with Crippen molar-refractivity contribution in [3.63, 3.8) is 0 Å². The van der Waals surface area contributed by atoms with Crippen LogP contribution in [0.1, 0.15) is 47.8 Å². The molecule has 1 N–H and O–H groups in total. The number of nitrogens with zero attached hydrogens (tertiary/aromatic N) is 1. The Morgan fingerprint density at radius 2 is 1.91 bits per heavy atom. The van der Waals surface area contributed by atoms with Crippen LogP contribution < -0.4 is 9.47 Å². The van der Waals surface area contributed by atoms with Crippen molar-refractivity contribution in [1.29, 1.82) is 0 Å². The van der Waals surface area contributed by atoms with E-state index in [1.54, 1.807) is 27.9 Å². The van der Waals surface area contributed by atoms with Crippen LogP contribution in [0.4, 0.5) is 0 Å². The van der Waals surface area contributed by atoms with E-state index in [1.165, 1.54) is 0 Å². The molecule has 1 unspecified atom stereocenters. The van der Waals surface area contributed by atoms with E-state index in [9.17, 15) is 14.3 Å². The zero-order valence-electron chi connectivity index (χ0n) is 20.9. The molecule has 2 rings (SSSR count). The summed E-state index contributed by atoms with van der Waals surface area (Å²) < 4.78 is 34.3. The van der Waals surface area contributed by atoms with E-state index in [2.05, 4.69) is 24.8 Å². The zero-order chi connectivity index (χ0) is 25.0. The maximum atomic E-state index is 12.6. The van der Waals surface area contributed by atoms with E-state index in [-0.39, 0.29) is 12.8 Å². The van der Waals surface area contributed by atoms with Crippen LogP contribution in [-0.2, 0) is 27.0 Å². The molecule has 0 aromatic heterocycles. The first-order valence-corrected chi connectivity index (χ1v) is 16.4. The van der Waals surface area contributed by atoms with Crippen LogP contribution in [0, 0.1) is 6.92 Å². The highest BCUT2D eigenvalue weighted by Crippen LogP contribution is 2.45. The standard InChI is InChI=1S/C23H36NO7PSi/c1-15(2)24-31-32(26,27)14-16(3)9-10-18-21(28-5)17(4)19-13-30-23(25)20(19)22(18)29-11-12-33(6,7)8/h9H,10-14H2,1-8H3,(H,26,27)/b16-9+. The number of hydrogen-bond donors (Lipinski definition) is 1.